The fraction of sp³-hybridized carbons (Fsp3) is 0.200. The first kappa shape index (κ1) is 18.6. The molecule has 128 valence electrons. The minimum absolute atomic E-state index is 0.0229. The number of hydrogen-bond acceptors (Lipinski definition) is 4. The summed E-state index contributed by atoms with van der Waals surface area (Å²) < 4.78 is 37.9. The molecule has 0 radical (unpaired) electrons. The van der Waals surface area contributed by atoms with Crippen molar-refractivity contribution < 1.29 is 23.1 Å². The molecule has 1 heterocycles. The van der Waals surface area contributed by atoms with E-state index in [1.54, 1.807) is 30.6 Å². The van der Waals surface area contributed by atoms with Gasteiger partial charge in [-0.3, -0.25) is 9.78 Å². The number of anilines is 1. The maximum absolute atomic E-state index is 12.6. The van der Waals surface area contributed by atoms with Gasteiger partial charge >= 0.3 is 6.18 Å². The highest BCUT2D eigenvalue weighted by atomic mass is 35.5. The molecule has 2 rings (SSSR count). The van der Waals surface area contributed by atoms with Crippen LogP contribution >= 0.6 is 23.4 Å². The van der Waals surface area contributed by atoms with Gasteiger partial charge in [0.05, 0.1) is 10.7 Å². The number of benzene rings is 1. The van der Waals surface area contributed by atoms with Crippen LogP contribution in [0.15, 0.2) is 52.5 Å². The molecule has 0 aliphatic carbocycles. The lowest BCUT2D eigenvalue weighted by Crippen LogP contribution is -2.52. The van der Waals surface area contributed by atoms with Crippen LogP contribution < -0.4 is 5.32 Å². The van der Waals surface area contributed by atoms with Gasteiger partial charge in [-0.25, -0.2) is 0 Å². The van der Waals surface area contributed by atoms with E-state index < -0.39 is 17.7 Å². The van der Waals surface area contributed by atoms with Crippen molar-refractivity contribution in [2.24, 2.45) is 0 Å². The Hall–Kier alpha value is -1.77. The van der Waals surface area contributed by atoms with Gasteiger partial charge < -0.3 is 10.4 Å². The highest BCUT2D eigenvalue weighted by Crippen LogP contribution is 2.34. The minimum Gasteiger partial charge on any atom is -0.373 e. The molecule has 1 atom stereocenters. The SMILES string of the molecule is CC(O)(C(=O)Nc1ccc(Sc2ccncc2)cc1Cl)C(F)(F)F. The summed E-state index contributed by atoms with van der Waals surface area (Å²) >= 11 is 7.37. The number of nitrogens with one attached hydrogen (secondary N) is 1. The lowest BCUT2D eigenvalue weighted by molar-refractivity contribution is -0.242. The molecule has 1 amide bonds. The molecule has 0 spiro atoms. The van der Waals surface area contributed by atoms with E-state index in [4.69, 9.17) is 11.6 Å². The van der Waals surface area contributed by atoms with Crippen molar-refractivity contribution in [2.75, 3.05) is 5.32 Å². The molecule has 2 aromatic rings. The molecule has 1 aromatic carbocycles. The Kier molecular flexibility index (Phi) is 5.42. The lowest BCUT2D eigenvalue weighted by atomic mass is 10.1. The largest absolute Gasteiger partial charge is 0.426 e. The summed E-state index contributed by atoms with van der Waals surface area (Å²) in [5.74, 6) is -1.61. The van der Waals surface area contributed by atoms with Crippen molar-refractivity contribution in [1.82, 2.24) is 4.98 Å². The fourth-order valence-corrected chi connectivity index (χ4v) is 2.71. The van der Waals surface area contributed by atoms with Crippen LogP contribution in [0.3, 0.4) is 0 Å². The number of amides is 1. The zero-order valence-electron chi connectivity index (χ0n) is 12.3. The summed E-state index contributed by atoms with van der Waals surface area (Å²) in [6.07, 6.45) is -1.85. The molecule has 0 saturated carbocycles. The van der Waals surface area contributed by atoms with E-state index in [0.29, 0.717) is 6.92 Å². The molecule has 0 aliphatic rings. The van der Waals surface area contributed by atoms with Crippen molar-refractivity contribution in [3.05, 3.63) is 47.7 Å². The summed E-state index contributed by atoms with van der Waals surface area (Å²) in [7, 11) is 0. The van der Waals surface area contributed by atoms with Crippen molar-refractivity contribution in [3.8, 4) is 0 Å². The second-order valence-corrected chi connectivity index (χ2v) is 6.50. The summed E-state index contributed by atoms with van der Waals surface area (Å²) in [5, 5.41) is 11.4. The third kappa shape index (κ3) is 4.19. The number of pyridine rings is 1. The third-order valence-electron chi connectivity index (χ3n) is 3.07. The topological polar surface area (TPSA) is 62.2 Å². The van der Waals surface area contributed by atoms with Crippen LogP contribution in [0.5, 0.6) is 0 Å². The predicted octanol–water partition coefficient (Wildman–Crippen LogP) is 4.14. The van der Waals surface area contributed by atoms with Gasteiger partial charge in [-0.15, -0.1) is 0 Å². The minimum atomic E-state index is -5.10. The van der Waals surface area contributed by atoms with Crippen molar-refractivity contribution in [1.29, 1.82) is 0 Å². The van der Waals surface area contributed by atoms with Gasteiger partial charge in [0.25, 0.3) is 5.91 Å². The Morgan fingerprint density at radius 3 is 2.38 bits per heavy atom. The van der Waals surface area contributed by atoms with E-state index in [9.17, 15) is 23.1 Å². The molecule has 24 heavy (non-hydrogen) atoms. The number of nitrogens with zero attached hydrogens (tertiary/aromatic N) is 1. The first-order valence-electron chi connectivity index (χ1n) is 6.59. The van der Waals surface area contributed by atoms with E-state index in [0.717, 1.165) is 9.79 Å². The molecule has 1 unspecified atom stereocenters. The summed E-state index contributed by atoms with van der Waals surface area (Å²) in [6.45, 7) is 0.379. The first-order chi connectivity index (χ1) is 11.1. The van der Waals surface area contributed by atoms with Crippen LogP contribution in [0, 0.1) is 0 Å². The van der Waals surface area contributed by atoms with Crippen LogP contribution in [0.4, 0.5) is 18.9 Å². The number of aliphatic hydroxyl groups is 1. The Bertz CT molecular complexity index is 739. The lowest BCUT2D eigenvalue weighted by Gasteiger charge is -2.25. The second kappa shape index (κ2) is 7.00. The molecule has 0 saturated heterocycles. The average Bonchev–Trinajstić information content (AvgIpc) is 2.49. The summed E-state index contributed by atoms with van der Waals surface area (Å²) in [6, 6.07) is 8.04. The van der Waals surface area contributed by atoms with Gasteiger partial charge in [0.2, 0.25) is 5.60 Å². The van der Waals surface area contributed by atoms with Crippen LogP contribution in [-0.4, -0.2) is 27.8 Å². The van der Waals surface area contributed by atoms with E-state index in [1.807, 2.05) is 5.32 Å². The molecule has 4 nitrogen and oxygen atoms in total. The molecule has 0 fully saturated rings. The van der Waals surface area contributed by atoms with Gasteiger partial charge in [-0.2, -0.15) is 13.2 Å². The Balaban J connectivity index is 2.14. The van der Waals surface area contributed by atoms with Gasteiger partial charge in [-0.1, -0.05) is 23.4 Å². The smallest absolute Gasteiger partial charge is 0.373 e. The van der Waals surface area contributed by atoms with Gasteiger partial charge in [0, 0.05) is 22.2 Å². The fourth-order valence-electron chi connectivity index (χ4n) is 1.58. The van der Waals surface area contributed by atoms with Gasteiger partial charge in [0.1, 0.15) is 0 Å². The highest BCUT2D eigenvalue weighted by Gasteiger charge is 2.55. The van der Waals surface area contributed by atoms with E-state index >= 15 is 0 Å². The standard InChI is InChI=1S/C15H12ClF3N2O2S/c1-14(23,15(17,18)19)13(22)21-12-3-2-10(8-11(12)16)24-9-4-6-20-7-5-9/h2-8,23H,1H3,(H,21,22). The molecule has 1 aromatic heterocycles. The van der Waals surface area contributed by atoms with Gasteiger partial charge in [0.15, 0.2) is 0 Å². The molecular formula is C15H12ClF3N2O2S. The first-order valence-corrected chi connectivity index (χ1v) is 7.78. The molecule has 2 N–H and O–H groups in total. The number of halogens is 4. The monoisotopic (exact) mass is 376 g/mol. The molecule has 9 heteroatoms. The Morgan fingerprint density at radius 2 is 1.83 bits per heavy atom. The zero-order valence-corrected chi connectivity index (χ0v) is 13.8. The number of aromatic nitrogens is 1. The van der Waals surface area contributed by atoms with Crippen LogP contribution in [0.25, 0.3) is 0 Å². The molecule has 0 aliphatic heterocycles. The van der Waals surface area contributed by atoms with Crippen molar-refractivity contribution in [2.45, 2.75) is 28.5 Å². The summed E-state index contributed by atoms with van der Waals surface area (Å²) in [5.41, 5.74) is -3.54. The predicted molar refractivity (Wildman–Crippen MR) is 85.1 cm³/mol. The Labute approximate surface area is 145 Å². The number of carbonyl (C=O) groups excluding carboxylic acids is 1. The maximum atomic E-state index is 12.6. The van der Waals surface area contributed by atoms with E-state index in [-0.39, 0.29) is 10.7 Å². The molecule has 0 bridgehead atoms. The number of alkyl halides is 3. The second-order valence-electron chi connectivity index (χ2n) is 4.95. The average molecular weight is 377 g/mol. The van der Waals surface area contributed by atoms with Crippen molar-refractivity contribution >= 4 is 35.0 Å². The van der Waals surface area contributed by atoms with Gasteiger partial charge in [-0.05, 0) is 37.3 Å². The Morgan fingerprint density at radius 1 is 1.21 bits per heavy atom. The summed E-state index contributed by atoms with van der Waals surface area (Å²) in [4.78, 5) is 17.2. The van der Waals surface area contributed by atoms with E-state index in [2.05, 4.69) is 4.98 Å². The number of hydrogen-bond donors (Lipinski definition) is 2. The van der Waals surface area contributed by atoms with Crippen LogP contribution in [0.2, 0.25) is 5.02 Å². The molecular weight excluding hydrogens is 365 g/mol. The zero-order chi connectivity index (χ0) is 18.0. The normalized spacial score (nSPS) is 14.1. The van der Waals surface area contributed by atoms with Crippen LogP contribution in [-0.2, 0) is 4.79 Å². The van der Waals surface area contributed by atoms with E-state index in [1.165, 1.54) is 23.9 Å². The maximum Gasteiger partial charge on any atom is 0.426 e. The van der Waals surface area contributed by atoms with Crippen molar-refractivity contribution in [3.63, 3.8) is 0 Å². The van der Waals surface area contributed by atoms with Crippen LogP contribution in [0.1, 0.15) is 6.92 Å². The third-order valence-corrected chi connectivity index (χ3v) is 4.38. The number of rotatable bonds is 4. The number of carbonyl (C=O) groups is 1. The quantitative estimate of drug-likeness (QED) is 0.842. The highest BCUT2D eigenvalue weighted by molar-refractivity contribution is 7.99.